The number of hydrogen-bond donors (Lipinski definition) is 1. The molecule has 1 amide bonds. The molecule has 1 fully saturated rings. The van der Waals surface area contributed by atoms with Crippen molar-refractivity contribution in [1.29, 1.82) is 0 Å². The predicted molar refractivity (Wildman–Crippen MR) is 97.3 cm³/mol. The van der Waals surface area contributed by atoms with E-state index in [0.29, 0.717) is 30.8 Å². The summed E-state index contributed by atoms with van der Waals surface area (Å²) in [5, 5.41) is 6.58. The Hall–Kier alpha value is -2.19. The number of aromatic nitrogens is 1. The quantitative estimate of drug-likeness (QED) is 0.865. The van der Waals surface area contributed by atoms with Crippen LogP contribution in [0.3, 0.4) is 0 Å². The molecule has 0 spiro atoms. The molecule has 3 rings (SSSR count). The lowest BCUT2D eigenvalue weighted by Crippen LogP contribution is -2.43. The molecule has 1 aromatic carbocycles. The minimum Gasteiger partial charge on any atom is -0.360 e. The fraction of sp³-hybridized carbons (Fsp3) is 0.444. The molecule has 140 valence electrons. The molecule has 1 N–H and O–H groups in total. The first kappa shape index (κ1) is 18.6. The molecule has 2 heterocycles. The Balaban J connectivity index is 1.84. The largest absolute Gasteiger partial charge is 0.360 e. The van der Waals surface area contributed by atoms with Crippen LogP contribution in [0.1, 0.15) is 36.8 Å². The van der Waals surface area contributed by atoms with E-state index in [1.54, 1.807) is 19.9 Å². The van der Waals surface area contributed by atoms with Crippen LogP contribution < -0.4 is 5.32 Å². The maximum absolute atomic E-state index is 13.1. The zero-order valence-corrected chi connectivity index (χ0v) is 16.0. The molecule has 0 unspecified atom stereocenters. The highest BCUT2D eigenvalue weighted by Crippen LogP contribution is 2.30. The van der Waals surface area contributed by atoms with Crippen LogP contribution in [-0.4, -0.2) is 36.4 Å². The summed E-state index contributed by atoms with van der Waals surface area (Å²) in [7, 11) is -3.84. The SMILES string of the molecule is CCc1cccc(NC(=O)[C@H]2CCCN2S(=O)(=O)c2c(C)noc2C)c1. The fourth-order valence-electron chi connectivity index (χ4n) is 3.34. The lowest BCUT2D eigenvalue weighted by atomic mass is 10.1. The van der Waals surface area contributed by atoms with Crippen molar-refractivity contribution < 1.29 is 17.7 Å². The molecule has 2 aromatic rings. The fourth-order valence-corrected chi connectivity index (χ4v) is 5.30. The Morgan fingerprint density at radius 3 is 2.81 bits per heavy atom. The van der Waals surface area contributed by atoms with Crippen molar-refractivity contribution in [1.82, 2.24) is 9.46 Å². The molecule has 1 aliphatic heterocycles. The van der Waals surface area contributed by atoms with E-state index in [1.807, 2.05) is 25.1 Å². The maximum atomic E-state index is 13.1. The number of aryl methyl sites for hydroxylation is 3. The topological polar surface area (TPSA) is 92.5 Å². The van der Waals surface area contributed by atoms with Crippen LogP contribution >= 0.6 is 0 Å². The van der Waals surface area contributed by atoms with Crippen LogP contribution in [0.4, 0.5) is 5.69 Å². The summed E-state index contributed by atoms with van der Waals surface area (Å²) in [6.45, 7) is 5.49. The summed E-state index contributed by atoms with van der Waals surface area (Å²) in [5.74, 6) is -0.0738. The molecule has 8 heteroatoms. The first-order chi connectivity index (χ1) is 12.3. The summed E-state index contributed by atoms with van der Waals surface area (Å²) < 4.78 is 32.4. The van der Waals surface area contributed by atoms with Crippen LogP contribution in [0.25, 0.3) is 0 Å². The summed E-state index contributed by atoms with van der Waals surface area (Å²) in [6.07, 6.45) is 1.98. The number of hydrogen-bond acceptors (Lipinski definition) is 5. The lowest BCUT2D eigenvalue weighted by molar-refractivity contribution is -0.119. The molecule has 26 heavy (non-hydrogen) atoms. The highest BCUT2D eigenvalue weighted by Gasteiger charge is 2.41. The third-order valence-corrected chi connectivity index (χ3v) is 6.80. The third kappa shape index (κ3) is 3.39. The Kier molecular flexibility index (Phi) is 5.15. The zero-order chi connectivity index (χ0) is 18.9. The van der Waals surface area contributed by atoms with Gasteiger partial charge in [0, 0.05) is 12.2 Å². The molecular weight excluding hydrogens is 354 g/mol. The van der Waals surface area contributed by atoms with E-state index in [2.05, 4.69) is 10.5 Å². The van der Waals surface area contributed by atoms with Gasteiger partial charge in [0.1, 0.15) is 16.6 Å². The van der Waals surface area contributed by atoms with Gasteiger partial charge < -0.3 is 9.84 Å². The molecular formula is C18H23N3O4S. The smallest absolute Gasteiger partial charge is 0.249 e. The van der Waals surface area contributed by atoms with E-state index in [0.717, 1.165) is 12.0 Å². The van der Waals surface area contributed by atoms with Crippen molar-refractivity contribution in [2.45, 2.75) is 51.0 Å². The Morgan fingerprint density at radius 1 is 1.38 bits per heavy atom. The van der Waals surface area contributed by atoms with Crippen LogP contribution in [0, 0.1) is 13.8 Å². The van der Waals surface area contributed by atoms with Gasteiger partial charge in [-0.25, -0.2) is 8.42 Å². The van der Waals surface area contributed by atoms with E-state index >= 15 is 0 Å². The van der Waals surface area contributed by atoms with E-state index in [-0.39, 0.29) is 16.6 Å². The van der Waals surface area contributed by atoms with Crippen molar-refractivity contribution in [2.75, 3.05) is 11.9 Å². The average molecular weight is 377 g/mol. The van der Waals surface area contributed by atoms with Crippen molar-refractivity contribution in [3.8, 4) is 0 Å². The van der Waals surface area contributed by atoms with Gasteiger partial charge in [-0.1, -0.05) is 24.2 Å². The molecule has 0 aliphatic carbocycles. The number of anilines is 1. The molecule has 0 bridgehead atoms. The third-order valence-electron chi connectivity index (χ3n) is 4.64. The van der Waals surface area contributed by atoms with Crippen LogP contribution in [0.15, 0.2) is 33.7 Å². The molecule has 1 aromatic heterocycles. The van der Waals surface area contributed by atoms with Gasteiger partial charge in [0.25, 0.3) is 0 Å². The van der Waals surface area contributed by atoms with Crippen molar-refractivity contribution in [2.24, 2.45) is 0 Å². The van der Waals surface area contributed by atoms with Gasteiger partial charge in [0.15, 0.2) is 5.76 Å². The number of nitrogens with one attached hydrogen (secondary N) is 1. The number of amides is 1. The predicted octanol–water partition coefficient (Wildman–Crippen LogP) is 2.65. The number of carbonyl (C=O) groups excluding carboxylic acids is 1. The Labute approximate surface area is 153 Å². The molecule has 1 saturated heterocycles. The minimum absolute atomic E-state index is 0.0604. The molecule has 1 atom stereocenters. The second kappa shape index (κ2) is 7.20. The van der Waals surface area contributed by atoms with Gasteiger partial charge in [-0.2, -0.15) is 4.31 Å². The summed E-state index contributed by atoms with van der Waals surface area (Å²) in [5.41, 5.74) is 2.09. The second-order valence-corrected chi connectivity index (χ2v) is 8.30. The number of carbonyl (C=O) groups is 1. The zero-order valence-electron chi connectivity index (χ0n) is 15.2. The Bertz CT molecular complexity index is 901. The van der Waals surface area contributed by atoms with Crippen LogP contribution in [0.5, 0.6) is 0 Å². The van der Waals surface area contributed by atoms with Gasteiger partial charge in [-0.05, 0) is 50.8 Å². The van der Waals surface area contributed by atoms with Crippen LogP contribution in [0.2, 0.25) is 0 Å². The maximum Gasteiger partial charge on any atom is 0.249 e. The normalized spacial score (nSPS) is 18.2. The monoisotopic (exact) mass is 377 g/mol. The highest BCUT2D eigenvalue weighted by atomic mass is 32.2. The van der Waals surface area contributed by atoms with E-state index in [9.17, 15) is 13.2 Å². The molecule has 0 saturated carbocycles. The van der Waals surface area contributed by atoms with Crippen molar-refractivity contribution in [3.05, 3.63) is 41.3 Å². The first-order valence-electron chi connectivity index (χ1n) is 8.69. The van der Waals surface area contributed by atoms with E-state index in [4.69, 9.17) is 4.52 Å². The van der Waals surface area contributed by atoms with Gasteiger partial charge >= 0.3 is 0 Å². The molecule has 0 radical (unpaired) electrons. The lowest BCUT2D eigenvalue weighted by Gasteiger charge is -2.23. The number of sulfonamides is 1. The van der Waals surface area contributed by atoms with Gasteiger partial charge in [0.2, 0.25) is 15.9 Å². The van der Waals surface area contributed by atoms with E-state index in [1.165, 1.54) is 4.31 Å². The van der Waals surface area contributed by atoms with Gasteiger partial charge in [0.05, 0.1) is 0 Å². The minimum atomic E-state index is -3.84. The number of nitrogens with zero attached hydrogens (tertiary/aromatic N) is 2. The first-order valence-corrected chi connectivity index (χ1v) is 10.1. The summed E-state index contributed by atoms with van der Waals surface area (Å²) in [4.78, 5) is 12.8. The van der Waals surface area contributed by atoms with Crippen LogP contribution in [-0.2, 0) is 21.2 Å². The van der Waals surface area contributed by atoms with Crippen molar-refractivity contribution >= 4 is 21.6 Å². The Morgan fingerprint density at radius 2 is 2.15 bits per heavy atom. The van der Waals surface area contributed by atoms with Gasteiger partial charge in [-0.3, -0.25) is 4.79 Å². The summed E-state index contributed by atoms with van der Waals surface area (Å²) >= 11 is 0. The second-order valence-electron chi connectivity index (χ2n) is 6.47. The highest BCUT2D eigenvalue weighted by molar-refractivity contribution is 7.89. The molecule has 1 aliphatic rings. The number of rotatable bonds is 5. The van der Waals surface area contributed by atoms with E-state index < -0.39 is 16.1 Å². The standard InChI is InChI=1S/C18H23N3O4S/c1-4-14-7-5-8-15(11-14)19-18(22)16-9-6-10-21(16)26(23,24)17-12(2)20-25-13(17)3/h5,7-8,11,16H,4,6,9-10H2,1-3H3,(H,19,22)/t16-/m1/s1. The number of benzene rings is 1. The molecule has 7 nitrogen and oxygen atoms in total. The average Bonchev–Trinajstić information content (AvgIpc) is 3.22. The summed E-state index contributed by atoms with van der Waals surface area (Å²) in [6, 6.07) is 6.83. The van der Waals surface area contributed by atoms with Crippen molar-refractivity contribution in [3.63, 3.8) is 0 Å². The van der Waals surface area contributed by atoms with Gasteiger partial charge in [-0.15, -0.1) is 0 Å².